The molecule has 1 aromatic heterocycles. The Morgan fingerprint density at radius 2 is 1.94 bits per heavy atom. The molecule has 0 aliphatic heterocycles. The van der Waals surface area contributed by atoms with Gasteiger partial charge < -0.3 is 10.3 Å². The predicted octanol–water partition coefficient (Wildman–Crippen LogP) is 2.96. The Bertz CT molecular complexity index is 567. The third-order valence-corrected chi connectivity index (χ3v) is 2.99. The molecule has 1 heterocycles. The second-order valence-electron chi connectivity index (χ2n) is 4.06. The van der Waals surface area contributed by atoms with Crippen LogP contribution in [-0.2, 0) is 19.8 Å². The highest BCUT2D eigenvalue weighted by Gasteiger charge is 2.38. The Kier molecular flexibility index (Phi) is 2.66. The van der Waals surface area contributed by atoms with Crippen LogP contribution in [0, 0.1) is 6.92 Å². The summed E-state index contributed by atoms with van der Waals surface area (Å²) in [5, 5.41) is 0.585. The number of hydrogen-bond donors (Lipinski definition) is 1. The third kappa shape index (κ3) is 1.70. The molecule has 2 N–H and O–H groups in total. The van der Waals surface area contributed by atoms with E-state index in [0.29, 0.717) is 10.9 Å². The fourth-order valence-electron chi connectivity index (χ4n) is 2.36. The molecule has 5 heteroatoms. The number of fused-ring (bicyclic) bond motifs is 1. The molecule has 92 valence electrons. The van der Waals surface area contributed by atoms with Crippen LogP contribution in [0.4, 0.5) is 13.2 Å². The summed E-state index contributed by atoms with van der Waals surface area (Å²) in [6, 6.07) is 5.22. The Balaban J connectivity index is 2.94. The van der Waals surface area contributed by atoms with Crippen molar-refractivity contribution in [3.8, 4) is 0 Å². The summed E-state index contributed by atoms with van der Waals surface area (Å²) in [5.41, 5.74) is 6.39. The van der Waals surface area contributed by atoms with Crippen molar-refractivity contribution in [2.75, 3.05) is 0 Å². The minimum Gasteiger partial charge on any atom is -0.340 e. The van der Waals surface area contributed by atoms with Gasteiger partial charge in [0, 0.05) is 24.5 Å². The van der Waals surface area contributed by atoms with Crippen molar-refractivity contribution in [3.05, 3.63) is 35.0 Å². The van der Waals surface area contributed by atoms with Crippen molar-refractivity contribution < 1.29 is 13.2 Å². The molecule has 0 atom stereocenters. The first-order valence-electron chi connectivity index (χ1n) is 5.22. The molecule has 0 saturated carbocycles. The van der Waals surface area contributed by atoms with Crippen molar-refractivity contribution in [3.63, 3.8) is 0 Å². The van der Waals surface area contributed by atoms with Crippen molar-refractivity contribution in [1.82, 2.24) is 4.57 Å². The lowest BCUT2D eigenvalue weighted by atomic mass is 10.1. The first kappa shape index (κ1) is 12.0. The van der Waals surface area contributed by atoms with Gasteiger partial charge in [-0.25, -0.2) is 0 Å². The Morgan fingerprint density at radius 1 is 1.29 bits per heavy atom. The average molecular weight is 242 g/mol. The summed E-state index contributed by atoms with van der Waals surface area (Å²) in [6.07, 6.45) is -4.38. The normalized spacial score (nSPS) is 12.4. The van der Waals surface area contributed by atoms with Crippen LogP contribution in [0.1, 0.15) is 16.8 Å². The Hall–Kier alpha value is -1.49. The number of para-hydroxylation sites is 1. The van der Waals surface area contributed by atoms with Gasteiger partial charge in [0.15, 0.2) is 0 Å². The van der Waals surface area contributed by atoms with Crippen LogP contribution in [0.15, 0.2) is 18.2 Å². The second-order valence-corrected chi connectivity index (χ2v) is 4.06. The number of halogens is 3. The van der Waals surface area contributed by atoms with Crippen molar-refractivity contribution in [2.24, 2.45) is 12.8 Å². The lowest BCUT2D eigenvalue weighted by Gasteiger charge is -2.10. The largest absolute Gasteiger partial charge is 0.431 e. The van der Waals surface area contributed by atoms with Crippen LogP contribution < -0.4 is 5.73 Å². The molecule has 0 bridgehead atoms. The average Bonchev–Trinajstić information content (AvgIpc) is 2.52. The first-order valence-corrected chi connectivity index (χ1v) is 5.22. The third-order valence-electron chi connectivity index (χ3n) is 2.99. The highest BCUT2D eigenvalue weighted by atomic mass is 19.4. The number of aryl methyl sites for hydroxylation is 2. The molecule has 0 radical (unpaired) electrons. The molecule has 0 aliphatic carbocycles. The zero-order valence-electron chi connectivity index (χ0n) is 9.60. The standard InChI is InChI=1S/C12H13F3N2/c1-7-4-3-5-8-9(6-16)11(12(13,14)15)17(2)10(7)8/h3-5H,6,16H2,1-2H3. The van der Waals surface area contributed by atoms with Crippen molar-refractivity contribution >= 4 is 10.9 Å². The molecule has 0 unspecified atom stereocenters. The van der Waals surface area contributed by atoms with E-state index in [1.165, 1.54) is 11.6 Å². The molecule has 2 aromatic rings. The van der Waals surface area contributed by atoms with Gasteiger partial charge in [0.2, 0.25) is 0 Å². The number of rotatable bonds is 1. The molecular formula is C12H13F3N2. The Morgan fingerprint density at radius 3 is 2.47 bits per heavy atom. The number of nitrogens with two attached hydrogens (primary N) is 1. The summed E-state index contributed by atoms with van der Waals surface area (Å²) < 4.78 is 40.2. The molecule has 1 aromatic carbocycles. The van der Waals surface area contributed by atoms with Crippen LogP contribution in [-0.4, -0.2) is 4.57 Å². The molecular weight excluding hydrogens is 229 g/mol. The van der Waals surface area contributed by atoms with Crippen LogP contribution in [0.25, 0.3) is 10.9 Å². The van der Waals surface area contributed by atoms with Gasteiger partial charge in [-0.3, -0.25) is 0 Å². The van der Waals surface area contributed by atoms with Gasteiger partial charge in [-0.15, -0.1) is 0 Å². The second kappa shape index (κ2) is 3.77. The summed E-state index contributed by atoms with van der Waals surface area (Å²) in [4.78, 5) is 0. The Labute approximate surface area is 96.8 Å². The fourth-order valence-corrected chi connectivity index (χ4v) is 2.36. The highest BCUT2D eigenvalue weighted by Crippen LogP contribution is 2.38. The van der Waals surface area contributed by atoms with Gasteiger partial charge in [-0.2, -0.15) is 13.2 Å². The minimum absolute atomic E-state index is 0.115. The van der Waals surface area contributed by atoms with E-state index in [2.05, 4.69) is 0 Å². The fraction of sp³-hybridized carbons (Fsp3) is 0.333. The van der Waals surface area contributed by atoms with Crippen LogP contribution in [0.3, 0.4) is 0 Å². The summed E-state index contributed by atoms with van der Waals surface area (Å²) >= 11 is 0. The molecule has 0 spiro atoms. The van der Waals surface area contributed by atoms with Gasteiger partial charge in [0.25, 0.3) is 0 Å². The van der Waals surface area contributed by atoms with E-state index in [4.69, 9.17) is 5.73 Å². The maximum Gasteiger partial charge on any atom is 0.431 e. The van der Waals surface area contributed by atoms with Crippen LogP contribution in [0.5, 0.6) is 0 Å². The topological polar surface area (TPSA) is 30.9 Å². The zero-order valence-corrected chi connectivity index (χ0v) is 9.60. The zero-order chi connectivity index (χ0) is 12.8. The van der Waals surface area contributed by atoms with Gasteiger partial charge in [-0.1, -0.05) is 18.2 Å². The van der Waals surface area contributed by atoms with Crippen LogP contribution >= 0.6 is 0 Å². The molecule has 0 saturated heterocycles. The van der Waals surface area contributed by atoms with E-state index < -0.39 is 11.9 Å². The van der Waals surface area contributed by atoms with E-state index >= 15 is 0 Å². The molecule has 2 rings (SSSR count). The number of aromatic nitrogens is 1. The lowest BCUT2D eigenvalue weighted by Crippen LogP contribution is -2.15. The number of hydrogen-bond acceptors (Lipinski definition) is 1. The van der Waals surface area contributed by atoms with E-state index in [1.807, 2.05) is 0 Å². The maximum absolute atomic E-state index is 13.0. The maximum atomic E-state index is 13.0. The van der Waals surface area contributed by atoms with E-state index in [0.717, 1.165) is 5.56 Å². The van der Waals surface area contributed by atoms with Crippen molar-refractivity contribution in [1.29, 1.82) is 0 Å². The molecule has 0 fully saturated rings. The van der Waals surface area contributed by atoms with Crippen molar-refractivity contribution in [2.45, 2.75) is 19.6 Å². The summed E-state index contributed by atoms with van der Waals surface area (Å²) in [5.74, 6) is 0. The quantitative estimate of drug-likeness (QED) is 0.818. The van der Waals surface area contributed by atoms with Gasteiger partial charge in [0.05, 0.1) is 5.52 Å². The summed E-state index contributed by atoms with van der Waals surface area (Å²) in [6.45, 7) is 1.68. The van der Waals surface area contributed by atoms with Crippen LogP contribution in [0.2, 0.25) is 0 Å². The monoisotopic (exact) mass is 242 g/mol. The molecule has 0 aliphatic rings. The lowest BCUT2D eigenvalue weighted by molar-refractivity contribution is -0.143. The first-order chi connectivity index (χ1) is 7.88. The summed E-state index contributed by atoms with van der Waals surface area (Å²) in [7, 11) is 1.43. The minimum atomic E-state index is -4.38. The number of nitrogens with zero attached hydrogens (tertiary/aromatic N) is 1. The predicted molar refractivity (Wildman–Crippen MR) is 60.5 cm³/mol. The molecule has 2 nitrogen and oxygen atoms in total. The molecule has 0 amide bonds. The van der Waals surface area contributed by atoms with Gasteiger partial charge in [0.1, 0.15) is 5.69 Å². The molecule has 17 heavy (non-hydrogen) atoms. The smallest absolute Gasteiger partial charge is 0.340 e. The SMILES string of the molecule is Cc1cccc2c(CN)c(C(F)(F)F)n(C)c12. The van der Waals surface area contributed by atoms with E-state index in [1.54, 1.807) is 25.1 Å². The highest BCUT2D eigenvalue weighted by molar-refractivity contribution is 5.88. The van der Waals surface area contributed by atoms with E-state index in [9.17, 15) is 13.2 Å². The van der Waals surface area contributed by atoms with Gasteiger partial charge >= 0.3 is 6.18 Å². The van der Waals surface area contributed by atoms with Gasteiger partial charge in [-0.05, 0) is 12.5 Å². The van der Waals surface area contributed by atoms with E-state index in [-0.39, 0.29) is 12.1 Å². The number of alkyl halides is 3. The number of benzene rings is 1.